The van der Waals surface area contributed by atoms with Crippen LogP contribution in [0.1, 0.15) is 27.2 Å². The van der Waals surface area contributed by atoms with Crippen molar-refractivity contribution >= 4 is 5.97 Å². The predicted octanol–water partition coefficient (Wildman–Crippen LogP) is 0.0509. The van der Waals surface area contributed by atoms with Crippen molar-refractivity contribution in [1.29, 1.82) is 0 Å². The van der Waals surface area contributed by atoms with Crippen molar-refractivity contribution < 1.29 is 14.6 Å². The molecule has 0 saturated carbocycles. The number of carbonyl (C=O) groups is 1. The lowest BCUT2D eigenvalue weighted by Gasteiger charge is -2.23. The molecule has 1 aliphatic heterocycles. The third-order valence-electron chi connectivity index (χ3n) is 1.85. The molecular formula is C9H17NO3. The van der Waals surface area contributed by atoms with Crippen molar-refractivity contribution in [3.63, 3.8) is 0 Å². The van der Waals surface area contributed by atoms with Gasteiger partial charge in [0.2, 0.25) is 0 Å². The summed E-state index contributed by atoms with van der Waals surface area (Å²) in [6, 6.07) is -0.542. The molecule has 1 saturated heterocycles. The Morgan fingerprint density at radius 2 is 2.15 bits per heavy atom. The summed E-state index contributed by atoms with van der Waals surface area (Å²) in [7, 11) is 0. The maximum atomic E-state index is 11.4. The van der Waals surface area contributed by atoms with E-state index in [2.05, 4.69) is 5.32 Å². The Balaban J connectivity index is 2.48. The molecule has 1 fully saturated rings. The third kappa shape index (κ3) is 2.97. The summed E-state index contributed by atoms with van der Waals surface area (Å²) in [6.07, 6.45) is 0.0130. The Labute approximate surface area is 78.3 Å². The largest absolute Gasteiger partial charge is 0.459 e. The van der Waals surface area contributed by atoms with Crippen LogP contribution in [0.5, 0.6) is 0 Å². The second-order valence-corrected chi connectivity index (χ2v) is 4.32. The first-order valence-corrected chi connectivity index (χ1v) is 4.54. The molecule has 0 spiro atoms. The summed E-state index contributed by atoms with van der Waals surface area (Å²) in [6.45, 7) is 6.11. The molecule has 13 heavy (non-hydrogen) atoms. The SMILES string of the molecule is CC(C)(C)OC(=O)C1NCCC1O. The van der Waals surface area contributed by atoms with E-state index in [-0.39, 0.29) is 5.97 Å². The van der Waals surface area contributed by atoms with Gasteiger partial charge in [0, 0.05) is 0 Å². The summed E-state index contributed by atoms with van der Waals surface area (Å²) >= 11 is 0. The van der Waals surface area contributed by atoms with Gasteiger partial charge < -0.3 is 15.2 Å². The van der Waals surface area contributed by atoms with E-state index < -0.39 is 17.7 Å². The molecule has 1 heterocycles. The Morgan fingerprint density at radius 3 is 2.54 bits per heavy atom. The van der Waals surface area contributed by atoms with E-state index in [1.807, 2.05) is 20.8 Å². The standard InChI is InChI=1S/C9H17NO3/c1-9(2,3)13-8(12)7-6(11)4-5-10-7/h6-7,10-11H,4-5H2,1-3H3. The highest BCUT2D eigenvalue weighted by molar-refractivity contribution is 5.77. The van der Waals surface area contributed by atoms with Crippen LogP contribution in [0.15, 0.2) is 0 Å². The number of esters is 1. The number of ether oxygens (including phenoxy) is 1. The van der Waals surface area contributed by atoms with Gasteiger partial charge in [-0.2, -0.15) is 0 Å². The van der Waals surface area contributed by atoms with Crippen LogP contribution in [0.4, 0.5) is 0 Å². The molecular weight excluding hydrogens is 170 g/mol. The summed E-state index contributed by atoms with van der Waals surface area (Å²) in [5.74, 6) is -0.363. The van der Waals surface area contributed by atoms with E-state index in [4.69, 9.17) is 4.74 Å². The second-order valence-electron chi connectivity index (χ2n) is 4.32. The van der Waals surface area contributed by atoms with E-state index in [9.17, 15) is 9.90 Å². The quantitative estimate of drug-likeness (QED) is 0.569. The van der Waals surface area contributed by atoms with Crippen LogP contribution in [0.25, 0.3) is 0 Å². The Bertz CT molecular complexity index is 198. The Morgan fingerprint density at radius 1 is 1.54 bits per heavy atom. The number of hydrogen-bond acceptors (Lipinski definition) is 4. The van der Waals surface area contributed by atoms with Gasteiger partial charge in [-0.25, -0.2) is 0 Å². The molecule has 2 unspecified atom stereocenters. The number of aliphatic hydroxyl groups excluding tert-OH is 1. The fourth-order valence-corrected chi connectivity index (χ4v) is 1.30. The maximum Gasteiger partial charge on any atom is 0.326 e. The Kier molecular flexibility index (Phi) is 2.93. The van der Waals surface area contributed by atoms with Gasteiger partial charge in [-0.05, 0) is 33.7 Å². The number of carbonyl (C=O) groups excluding carboxylic acids is 1. The topological polar surface area (TPSA) is 58.6 Å². The molecule has 0 aliphatic carbocycles. The molecule has 1 aliphatic rings. The zero-order valence-corrected chi connectivity index (χ0v) is 8.33. The molecule has 1 rings (SSSR count). The van der Waals surface area contributed by atoms with Gasteiger partial charge in [-0.3, -0.25) is 4.79 Å². The second kappa shape index (κ2) is 3.64. The first-order valence-electron chi connectivity index (χ1n) is 4.54. The van der Waals surface area contributed by atoms with Gasteiger partial charge in [0.25, 0.3) is 0 Å². The van der Waals surface area contributed by atoms with Crippen LogP contribution < -0.4 is 5.32 Å². The maximum absolute atomic E-state index is 11.4. The number of hydrogen-bond donors (Lipinski definition) is 2. The molecule has 0 amide bonds. The normalized spacial score (nSPS) is 28.9. The molecule has 0 radical (unpaired) electrons. The van der Waals surface area contributed by atoms with Crippen molar-refractivity contribution in [2.24, 2.45) is 0 Å². The van der Waals surface area contributed by atoms with Crippen molar-refractivity contribution in [2.45, 2.75) is 44.9 Å². The zero-order chi connectivity index (χ0) is 10.1. The minimum absolute atomic E-state index is 0.363. The van der Waals surface area contributed by atoms with Gasteiger partial charge in [-0.15, -0.1) is 0 Å². The molecule has 0 aromatic rings. The Hall–Kier alpha value is -0.610. The average molecular weight is 187 g/mol. The van der Waals surface area contributed by atoms with Crippen molar-refractivity contribution in [3.05, 3.63) is 0 Å². The predicted molar refractivity (Wildman–Crippen MR) is 48.3 cm³/mol. The van der Waals surface area contributed by atoms with E-state index in [1.54, 1.807) is 0 Å². The van der Waals surface area contributed by atoms with Crippen LogP contribution in [-0.2, 0) is 9.53 Å². The summed E-state index contributed by atoms with van der Waals surface area (Å²) < 4.78 is 5.13. The van der Waals surface area contributed by atoms with Gasteiger partial charge in [0.05, 0.1) is 6.10 Å². The fraction of sp³-hybridized carbons (Fsp3) is 0.889. The van der Waals surface area contributed by atoms with Crippen LogP contribution in [0.2, 0.25) is 0 Å². The van der Waals surface area contributed by atoms with E-state index >= 15 is 0 Å². The van der Waals surface area contributed by atoms with Gasteiger partial charge >= 0.3 is 5.97 Å². The molecule has 76 valence electrons. The molecule has 4 heteroatoms. The highest BCUT2D eigenvalue weighted by atomic mass is 16.6. The molecule has 0 aromatic heterocycles. The number of nitrogens with one attached hydrogen (secondary N) is 1. The summed E-state index contributed by atoms with van der Waals surface area (Å²) in [5.41, 5.74) is -0.485. The van der Waals surface area contributed by atoms with Crippen molar-refractivity contribution in [1.82, 2.24) is 5.32 Å². The van der Waals surface area contributed by atoms with Crippen LogP contribution in [-0.4, -0.2) is 35.4 Å². The van der Waals surface area contributed by atoms with Gasteiger partial charge in [0.1, 0.15) is 11.6 Å². The smallest absolute Gasteiger partial charge is 0.326 e. The lowest BCUT2D eigenvalue weighted by atomic mass is 10.1. The minimum Gasteiger partial charge on any atom is -0.459 e. The van der Waals surface area contributed by atoms with Crippen LogP contribution in [0, 0.1) is 0 Å². The summed E-state index contributed by atoms with van der Waals surface area (Å²) in [5, 5.41) is 12.3. The van der Waals surface area contributed by atoms with E-state index in [0.717, 1.165) is 0 Å². The highest BCUT2D eigenvalue weighted by Gasteiger charge is 2.34. The number of rotatable bonds is 1. The van der Waals surface area contributed by atoms with Crippen molar-refractivity contribution in [2.75, 3.05) is 6.54 Å². The van der Waals surface area contributed by atoms with E-state index in [0.29, 0.717) is 13.0 Å². The molecule has 4 nitrogen and oxygen atoms in total. The van der Waals surface area contributed by atoms with E-state index in [1.165, 1.54) is 0 Å². The molecule has 2 N–H and O–H groups in total. The first-order chi connectivity index (χ1) is 5.90. The van der Waals surface area contributed by atoms with Gasteiger partial charge in [0.15, 0.2) is 0 Å². The lowest BCUT2D eigenvalue weighted by Crippen LogP contribution is -2.42. The lowest BCUT2D eigenvalue weighted by molar-refractivity contribution is -0.159. The minimum atomic E-state index is -0.602. The molecule has 0 aromatic carbocycles. The van der Waals surface area contributed by atoms with Gasteiger partial charge in [-0.1, -0.05) is 0 Å². The zero-order valence-electron chi connectivity index (χ0n) is 8.33. The number of aliphatic hydroxyl groups is 1. The average Bonchev–Trinajstić information content (AvgIpc) is 2.30. The highest BCUT2D eigenvalue weighted by Crippen LogP contribution is 2.13. The first kappa shape index (κ1) is 10.5. The van der Waals surface area contributed by atoms with Crippen LogP contribution >= 0.6 is 0 Å². The fourth-order valence-electron chi connectivity index (χ4n) is 1.30. The molecule has 2 atom stereocenters. The third-order valence-corrected chi connectivity index (χ3v) is 1.85. The molecule has 0 bridgehead atoms. The van der Waals surface area contributed by atoms with Crippen molar-refractivity contribution in [3.8, 4) is 0 Å². The monoisotopic (exact) mass is 187 g/mol. The van der Waals surface area contributed by atoms with Crippen LogP contribution in [0.3, 0.4) is 0 Å². The summed E-state index contributed by atoms with van der Waals surface area (Å²) in [4.78, 5) is 11.4.